The molecule has 1 heterocycles. The molecule has 1 saturated heterocycles. The molecule has 0 spiro atoms. The van der Waals surface area contributed by atoms with Crippen LogP contribution in [0.25, 0.3) is 0 Å². The SMILES string of the molecule is O[C@@H]1CNC[C@H]1NCc1ccc(F)cc1F. The highest BCUT2D eigenvalue weighted by molar-refractivity contribution is 5.18. The number of aliphatic hydroxyl groups is 1. The van der Waals surface area contributed by atoms with Crippen LogP contribution in [-0.2, 0) is 6.54 Å². The van der Waals surface area contributed by atoms with Crippen LogP contribution in [0.15, 0.2) is 18.2 Å². The van der Waals surface area contributed by atoms with Crippen LogP contribution in [0, 0.1) is 11.6 Å². The van der Waals surface area contributed by atoms with Crippen LogP contribution in [0.4, 0.5) is 8.78 Å². The summed E-state index contributed by atoms with van der Waals surface area (Å²) in [6.45, 7) is 1.49. The van der Waals surface area contributed by atoms with E-state index in [1.807, 2.05) is 0 Å². The summed E-state index contributed by atoms with van der Waals surface area (Å²) in [4.78, 5) is 0. The molecule has 88 valence electrons. The molecular weight excluding hydrogens is 214 g/mol. The van der Waals surface area contributed by atoms with Crippen LogP contribution < -0.4 is 10.6 Å². The summed E-state index contributed by atoms with van der Waals surface area (Å²) in [5.74, 6) is -1.14. The average Bonchev–Trinajstić information content (AvgIpc) is 2.63. The van der Waals surface area contributed by atoms with Crippen LogP contribution in [0.3, 0.4) is 0 Å². The van der Waals surface area contributed by atoms with Crippen molar-refractivity contribution in [1.29, 1.82) is 0 Å². The first-order chi connectivity index (χ1) is 7.66. The van der Waals surface area contributed by atoms with Crippen LogP contribution >= 0.6 is 0 Å². The third-order valence-electron chi connectivity index (χ3n) is 2.75. The Labute approximate surface area is 92.5 Å². The zero-order valence-electron chi connectivity index (χ0n) is 8.71. The minimum Gasteiger partial charge on any atom is -0.390 e. The quantitative estimate of drug-likeness (QED) is 0.701. The van der Waals surface area contributed by atoms with Gasteiger partial charge in [-0.25, -0.2) is 8.78 Å². The minimum atomic E-state index is -0.580. The Hall–Kier alpha value is -1.04. The predicted octanol–water partition coefficient (Wildman–Crippen LogP) is 0.387. The maximum absolute atomic E-state index is 13.3. The largest absolute Gasteiger partial charge is 0.390 e. The topological polar surface area (TPSA) is 44.3 Å². The Morgan fingerprint density at radius 2 is 2.19 bits per heavy atom. The minimum absolute atomic E-state index is 0.0792. The fourth-order valence-electron chi connectivity index (χ4n) is 1.78. The van der Waals surface area contributed by atoms with Gasteiger partial charge in [-0.15, -0.1) is 0 Å². The van der Waals surface area contributed by atoms with E-state index in [9.17, 15) is 13.9 Å². The molecule has 0 saturated carbocycles. The molecule has 2 atom stereocenters. The average molecular weight is 228 g/mol. The maximum Gasteiger partial charge on any atom is 0.130 e. The van der Waals surface area contributed by atoms with E-state index in [0.29, 0.717) is 18.7 Å². The molecule has 3 N–H and O–H groups in total. The maximum atomic E-state index is 13.3. The molecule has 1 aliphatic rings. The van der Waals surface area contributed by atoms with E-state index >= 15 is 0 Å². The fourth-order valence-corrected chi connectivity index (χ4v) is 1.78. The Bertz CT molecular complexity index is 373. The molecule has 3 nitrogen and oxygen atoms in total. The van der Waals surface area contributed by atoms with Crippen LogP contribution in [0.5, 0.6) is 0 Å². The molecular formula is C11H14F2N2O. The molecule has 1 aromatic carbocycles. The van der Waals surface area contributed by atoms with Crippen molar-refractivity contribution >= 4 is 0 Å². The molecule has 5 heteroatoms. The molecule has 0 unspecified atom stereocenters. The summed E-state index contributed by atoms with van der Waals surface area (Å²) in [5, 5.41) is 15.6. The molecule has 1 aromatic rings. The zero-order valence-corrected chi connectivity index (χ0v) is 8.71. The van der Waals surface area contributed by atoms with Gasteiger partial charge in [0, 0.05) is 37.3 Å². The summed E-state index contributed by atoms with van der Waals surface area (Å²) < 4.78 is 25.9. The van der Waals surface area contributed by atoms with Gasteiger partial charge < -0.3 is 15.7 Å². The second kappa shape index (κ2) is 4.86. The number of hydrogen-bond donors (Lipinski definition) is 3. The van der Waals surface area contributed by atoms with Gasteiger partial charge >= 0.3 is 0 Å². The molecule has 0 amide bonds. The van der Waals surface area contributed by atoms with Crippen molar-refractivity contribution < 1.29 is 13.9 Å². The molecule has 0 bridgehead atoms. The Balaban J connectivity index is 1.94. The van der Waals surface area contributed by atoms with Crippen molar-refractivity contribution in [3.8, 4) is 0 Å². The summed E-state index contributed by atoms with van der Waals surface area (Å²) in [7, 11) is 0. The number of nitrogens with one attached hydrogen (secondary N) is 2. The highest BCUT2D eigenvalue weighted by Gasteiger charge is 2.24. The van der Waals surface area contributed by atoms with E-state index in [-0.39, 0.29) is 12.6 Å². The van der Waals surface area contributed by atoms with Crippen LogP contribution in [-0.4, -0.2) is 30.3 Å². The number of benzene rings is 1. The number of halogens is 2. The van der Waals surface area contributed by atoms with Gasteiger partial charge in [0.25, 0.3) is 0 Å². The molecule has 2 rings (SSSR count). The van der Waals surface area contributed by atoms with Gasteiger partial charge in [0.1, 0.15) is 11.6 Å². The second-order valence-corrected chi connectivity index (χ2v) is 3.95. The van der Waals surface area contributed by atoms with Crippen molar-refractivity contribution in [3.05, 3.63) is 35.4 Å². The Morgan fingerprint density at radius 3 is 2.81 bits per heavy atom. The van der Waals surface area contributed by atoms with E-state index in [2.05, 4.69) is 10.6 Å². The first-order valence-corrected chi connectivity index (χ1v) is 5.23. The monoisotopic (exact) mass is 228 g/mol. The lowest BCUT2D eigenvalue weighted by molar-refractivity contribution is 0.162. The lowest BCUT2D eigenvalue weighted by Gasteiger charge is -2.15. The number of hydrogen-bond acceptors (Lipinski definition) is 3. The fraction of sp³-hybridized carbons (Fsp3) is 0.455. The van der Waals surface area contributed by atoms with Crippen LogP contribution in [0.2, 0.25) is 0 Å². The first-order valence-electron chi connectivity index (χ1n) is 5.23. The lowest BCUT2D eigenvalue weighted by Crippen LogP contribution is -2.38. The van der Waals surface area contributed by atoms with Gasteiger partial charge in [0.15, 0.2) is 0 Å². The number of β-amino-alcohol motifs (C(OH)–C–C–N with tert-alkyl or cyclic N) is 1. The smallest absolute Gasteiger partial charge is 0.130 e. The third-order valence-corrected chi connectivity index (χ3v) is 2.75. The molecule has 16 heavy (non-hydrogen) atoms. The molecule has 1 aliphatic heterocycles. The van der Waals surface area contributed by atoms with Crippen molar-refractivity contribution in [1.82, 2.24) is 10.6 Å². The van der Waals surface area contributed by atoms with E-state index < -0.39 is 17.7 Å². The van der Waals surface area contributed by atoms with Gasteiger partial charge in [-0.3, -0.25) is 0 Å². The van der Waals surface area contributed by atoms with Crippen LogP contribution in [0.1, 0.15) is 5.56 Å². The summed E-state index contributed by atoms with van der Waals surface area (Å²) in [6, 6.07) is 3.42. The standard InChI is InChI=1S/C11H14F2N2O/c12-8-2-1-7(9(13)3-8)4-15-10-5-14-6-11(10)16/h1-3,10-11,14-16H,4-6H2/t10-,11-/m1/s1. The molecule has 1 fully saturated rings. The zero-order chi connectivity index (χ0) is 11.5. The number of aliphatic hydroxyl groups excluding tert-OH is 1. The van der Waals surface area contributed by atoms with E-state index in [1.54, 1.807) is 0 Å². The number of rotatable bonds is 3. The summed E-state index contributed by atoms with van der Waals surface area (Å²) in [5.41, 5.74) is 0.403. The van der Waals surface area contributed by atoms with Crippen molar-refractivity contribution in [2.24, 2.45) is 0 Å². The van der Waals surface area contributed by atoms with Crippen molar-refractivity contribution in [3.63, 3.8) is 0 Å². The molecule has 0 aromatic heterocycles. The van der Waals surface area contributed by atoms with E-state index in [0.717, 1.165) is 6.07 Å². The van der Waals surface area contributed by atoms with Gasteiger partial charge in [-0.05, 0) is 6.07 Å². The molecule has 0 radical (unpaired) electrons. The first kappa shape index (κ1) is 11.4. The Morgan fingerprint density at radius 1 is 1.38 bits per heavy atom. The van der Waals surface area contributed by atoms with Gasteiger partial charge in [-0.2, -0.15) is 0 Å². The van der Waals surface area contributed by atoms with Gasteiger partial charge in [0.05, 0.1) is 6.10 Å². The summed E-state index contributed by atoms with van der Waals surface area (Å²) in [6.07, 6.45) is -0.455. The Kier molecular flexibility index (Phi) is 3.48. The van der Waals surface area contributed by atoms with Crippen molar-refractivity contribution in [2.75, 3.05) is 13.1 Å². The normalized spacial score (nSPS) is 24.9. The van der Waals surface area contributed by atoms with E-state index in [4.69, 9.17) is 0 Å². The highest BCUT2D eigenvalue weighted by atomic mass is 19.1. The molecule has 0 aliphatic carbocycles. The highest BCUT2D eigenvalue weighted by Crippen LogP contribution is 2.10. The van der Waals surface area contributed by atoms with Crippen molar-refractivity contribution in [2.45, 2.75) is 18.7 Å². The van der Waals surface area contributed by atoms with Gasteiger partial charge in [0.2, 0.25) is 0 Å². The third kappa shape index (κ3) is 2.55. The van der Waals surface area contributed by atoms with E-state index in [1.165, 1.54) is 12.1 Å². The predicted molar refractivity (Wildman–Crippen MR) is 55.9 cm³/mol. The van der Waals surface area contributed by atoms with Gasteiger partial charge in [-0.1, -0.05) is 6.07 Å². The summed E-state index contributed by atoms with van der Waals surface area (Å²) >= 11 is 0. The lowest BCUT2D eigenvalue weighted by atomic mass is 10.1. The second-order valence-electron chi connectivity index (χ2n) is 3.95.